The molecule has 3 N–H and O–H groups in total. The van der Waals surface area contributed by atoms with Crippen molar-refractivity contribution < 1.29 is 9.53 Å². The molecule has 0 unspecified atom stereocenters. The third-order valence-corrected chi connectivity index (χ3v) is 5.92. The topological polar surface area (TPSA) is 79.0 Å². The second-order valence-electron chi connectivity index (χ2n) is 7.22. The quantitative estimate of drug-likeness (QED) is 0.510. The largest absolute Gasteiger partial charge is 0.381 e. The molecular weight excluding hydrogens is 411 g/mol. The number of fused-ring (bicyclic) bond motifs is 1. The lowest BCUT2D eigenvalue weighted by Gasteiger charge is -2.28. The van der Waals surface area contributed by atoms with Crippen LogP contribution in [0.4, 0.5) is 11.6 Å². The highest BCUT2D eigenvalue weighted by molar-refractivity contribution is 6.39. The Hall–Kier alpha value is -2.28. The molecule has 1 fully saturated rings. The molecule has 0 atom stereocenters. The van der Waals surface area contributed by atoms with Crippen molar-refractivity contribution in [2.45, 2.75) is 37.8 Å². The first kappa shape index (κ1) is 20.0. The standard InChI is InChI=1S/C21H22Cl2N4O2/c1-29-14-8-6-13(7-9-14)24-20(28)12-5-10-17-18(11-12)26-21(25-17)27-19-15(22)3-2-4-16(19)23/h2-5,10-11,13-14H,6-9H2,1H3,(H,24,28)(H2,25,26,27)/t13-,14-. The van der Waals surface area contributed by atoms with Gasteiger partial charge in [0.25, 0.3) is 5.91 Å². The molecule has 0 spiro atoms. The predicted molar refractivity (Wildman–Crippen MR) is 116 cm³/mol. The fourth-order valence-corrected chi connectivity index (χ4v) is 4.15. The van der Waals surface area contributed by atoms with E-state index in [1.807, 2.05) is 6.07 Å². The van der Waals surface area contributed by atoms with Gasteiger partial charge in [-0.15, -0.1) is 0 Å². The summed E-state index contributed by atoms with van der Waals surface area (Å²) in [6.45, 7) is 0. The molecule has 0 saturated heterocycles. The van der Waals surface area contributed by atoms with Crippen molar-refractivity contribution in [1.82, 2.24) is 15.3 Å². The van der Waals surface area contributed by atoms with Gasteiger partial charge in [0.1, 0.15) is 0 Å². The summed E-state index contributed by atoms with van der Waals surface area (Å²) in [6, 6.07) is 10.9. The highest BCUT2D eigenvalue weighted by Crippen LogP contribution is 2.32. The molecule has 0 aliphatic heterocycles. The molecular formula is C21H22Cl2N4O2. The first-order chi connectivity index (χ1) is 14.0. The molecule has 2 aromatic carbocycles. The number of H-pyrrole nitrogens is 1. The smallest absolute Gasteiger partial charge is 0.251 e. The van der Waals surface area contributed by atoms with Crippen LogP contribution in [0.2, 0.25) is 10.0 Å². The van der Waals surface area contributed by atoms with Crippen molar-refractivity contribution in [3.63, 3.8) is 0 Å². The van der Waals surface area contributed by atoms with Gasteiger partial charge in [0.05, 0.1) is 32.9 Å². The number of amides is 1. The number of para-hydroxylation sites is 1. The van der Waals surface area contributed by atoms with Crippen LogP contribution in [0.1, 0.15) is 36.0 Å². The number of hydrogen-bond acceptors (Lipinski definition) is 4. The summed E-state index contributed by atoms with van der Waals surface area (Å²) in [4.78, 5) is 20.4. The van der Waals surface area contributed by atoms with Gasteiger partial charge >= 0.3 is 0 Å². The predicted octanol–water partition coefficient (Wildman–Crippen LogP) is 5.30. The molecule has 0 bridgehead atoms. The lowest BCUT2D eigenvalue weighted by Crippen LogP contribution is -2.38. The Morgan fingerprint density at radius 3 is 2.55 bits per heavy atom. The van der Waals surface area contributed by atoms with Crippen LogP contribution in [-0.2, 0) is 4.74 Å². The van der Waals surface area contributed by atoms with E-state index in [9.17, 15) is 4.79 Å². The van der Waals surface area contributed by atoms with Gasteiger partial charge in [-0.3, -0.25) is 4.79 Å². The van der Waals surface area contributed by atoms with Crippen LogP contribution in [0.5, 0.6) is 0 Å². The van der Waals surface area contributed by atoms with Crippen LogP contribution in [0.3, 0.4) is 0 Å². The van der Waals surface area contributed by atoms with E-state index < -0.39 is 0 Å². The van der Waals surface area contributed by atoms with Crippen molar-refractivity contribution >= 4 is 51.8 Å². The first-order valence-corrected chi connectivity index (χ1v) is 10.3. The van der Waals surface area contributed by atoms with E-state index in [0.29, 0.717) is 38.9 Å². The van der Waals surface area contributed by atoms with E-state index in [2.05, 4.69) is 20.6 Å². The lowest BCUT2D eigenvalue weighted by molar-refractivity contribution is 0.0599. The van der Waals surface area contributed by atoms with Gasteiger partial charge in [0, 0.05) is 18.7 Å². The van der Waals surface area contributed by atoms with Crippen LogP contribution in [0.15, 0.2) is 36.4 Å². The second kappa shape index (κ2) is 8.61. The zero-order valence-electron chi connectivity index (χ0n) is 16.0. The summed E-state index contributed by atoms with van der Waals surface area (Å²) in [7, 11) is 1.74. The number of anilines is 2. The molecule has 1 aliphatic carbocycles. The molecule has 6 nitrogen and oxygen atoms in total. The van der Waals surface area contributed by atoms with Crippen molar-refractivity contribution in [3.05, 3.63) is 52.0 Å². The number of rotatable bonds is 5. The minimum atomic E-state index is -0.0839. The van der Waals surface area contributed by atoms with Crippen molar-refractivity contribution in [2.75, 3.05) is 12.4 Å². The summed E-state index contributed by atoms with van der Waals surface area (Å²) in [5.41, 5.74) is 2.67. The SMILES string of the molecule is CO[C@H]1CC[C@H](NC(=O)c2ccc3[nH]c(Nc4c(Cl)cccc4Cl)nc3c2)CC1. The molecule has 8 heteroatoms. The molecule has 29 heavy (non-hydrogen) atoms. The Kier molecular flexibility index (Phi) is 5.94. The van der Waals surface area contributed by atoms with E-state index >= 15 is 0 Å². The number of nitrogens with zero attached hydrogens (tertiary/aromatic N) is 1. The number of hydrogen-bond donors (Lipinski definition) is 3. The number of imidazole rings is 1. The van der Waals surface area contributed by atoms with E-state index in [0.717, 1.165) is 31.2 Å². The summed E-state index contributed by atoms with van der Waals surface area (Å²) >= 11 is 12.4. The molecule has 1 amide bonds. The van der Waals surface area contributed by atoms with E-state index in [4.69, 9.17) is 27.9 Å². The maximum absolute atomic E-state index is 12.7. The molecule has 1 heterocycles. The Morgan fingerprint density at radius 2 is 1.86 bits per heavy atom. The van der Waals surface area contributed by atoms with Gasteiger partial charge in [0.2, 0.25) is 5.95 Å². The van der Waals surface area contributed by atoms with E-state index in [1.165, 1.54) is 0 Å². The molecule has 3 aromatic rings. The van der Waals surface area contributed by atoms with Crippen molar-refractivity contribution in [3.8, 4) is 0 Å². The summed E-state index contributed by atoms with van der Waals surface area (Å²) in [6.07, 6.45) is 4.11. The first-order valence-electron chi connectivity index (χ1n) is 9.58. The number of carbonyl (C=O) groups excluding carboxylic acids is 1. The number of aromatic nitrogens is 2. The van der Waals surface area contributed by atoms with Gasteiger partial charge in [0.15, 0.2) is 0 Å². The third-order valence-electron chi connectivity index (χ3n) is 5.29. The fourth-order valence-electron chi connectivity index (χ4n) is 3.65. The number of carbonyl (C=O) groups is 1. The van der Waals surface area contributed by atoms with Gasteiger partial charge in [-0.05, 0) is 56.0 Å². The van der Waals surface area contributed by atoms with Gasteiger partial charge < -0.3 is 20.4 Å². The lowest BCUT2D eigenvalue weighted by atomic mass is 9.93. The average Bonchev–Trinajstić information content (AvgIpc) is 3.13. The highest BCUT2D eigenvalue weighted by atomic mass is 35.5. The molecule has 1 saturated carbocycles. The van der Waals surface area contributed by atoms with E-state index in [-0.39, 0.29) is 11.9 Å². The number of ether oxygens (including phenoxy) is 1. The molecule has 1 aromatic heterocycles. The van der Waals surface area contributed by atoms with Crippen LogP contribution < -0.4 is 10.6 Å². The average molecular weight is 433 g/mol. The number of methoxy groups -OCH3 is 1. The maximum Gasteiger partial charge on any atom is 0.251 e. The van der Waals surface area contributed by atoms with E-state index in [1.54, 1.807) is 37.4 Å². The Labute approximate surface area is 178 Å². The van der Waals surface area contributed by atoms with Crippen LogP contribution in [-0.4, -0.2) is 35.1 Å². The normalized spacial score (nSPS) is 19.3. The molecule has 1 aliphatic rings. The molecule has 4 rings (SSSR count). The van der Waals surface area contributed by atoms with Crippen LogP contribution in [0.25, 0.3) is 11.0 Å². The van der Waals surface area contributed by atoms with Gasteiger partial charge in [-0.1, -0.05) is 29.3 Å². The summed E-state index contributed by atoms with van der Waals surface area (Å²) < 4.78 is 5.39. The summed E-state index contributed by atoms with van der Waals surface area (Å²) in [5, 5.41) is 7.24. The minimum absolute atomic E-state index is 0.0839. The Morgan fingerprint density at radius 1 is 1.14 bits per heavy atom. The Bertz CT molecular complexity index is 1010. The minimum Gasteiger partial charge on any atom is -0.381 e. The zero-order valence-corrected chi connectivity index (χ0v) is 17.5. The fraction of sp³-hybridized carbons (Fsp3) is 0.333. The second-order valence-corrected chi connectivity index (χ2v) is 8.04. The Balaban J connectivity index is 1.47. The number of aromatic amines is 1. The summed E-state index contributed by atoms with van der Waals surface area (Å²) in [5.74, 6) is 0.421. The number of nitrogens with one attached hydrogen (secondary N) is 3. The number of benzene rings is 2. The maximum atomic E-state index is 12.7. The third kappa shape index (κ3) is 4.50. The molecule has 152 valence electrons. The van der Waals surface area contributed by atoms with Crippen LogP contribution in [0, 0.1) is 0 Å². The zero-order chi connectivity index (χ0) is 20.4. The van der Waals surface area contributed by atoms with Gasteiger partial charge in [-0.2, -0.15) is 0 Å². The van der Waals surface area contributed by atoms with Crippen molar-refractivity contribution in [2.24, 2.45) is 0 Å². The number of halogens is 2. The van der Waals surface area contributed by atoms with Gasteiger partial charge in [-0.25, -0.2) is 4.98 Å². The van der Waals surface area contributed by atoms with Crippen molar-refractivity contribution in [1.29, 1.82) is 0 Å². The monoisotopic (exact) mass is 432 g/mol. The van der Waals surface area contributed by atoms with Crippen LogP contribution >= 0.6 is 23.2 Å². The highest BCUT2D eigenvalue weighted by Gasteiger charge is 2.22. The molecule has 0 radical (unpaired) electrons.